The summed E-state index contributed by atoms with van der Waals surface area (Å²) in [5, 5.41) is 0.224. The standard InChI is InChI=1S/C16H14N2O/c1-11-7-3-6-10-15(11)18-12(2)17-14-9-5-4-8-13(14)16(18)19/h3-10H,1-2H3/i1D3,3D,6D,7D,10D. The first-order chi connectivity index (χ1) is 12.1. The van der Waals surface area contributed by atoms with Crippen molar-refractivity contribution in [1.29, 1.82) is 0 Å². The highest BCUT2D eigenvalue weighted by Gasteiger charge is 2.10. The normalized spacial score (nSPS) is 16.8. The van der Waals surface area contributed by atoms with Crippen molar-refractivity contribution in [3.8, 4) is 5.69 Å². The Labute approximate surface area is 121 Å². The number of hydrogen-bond donors (Lipinski definition) is 0. The minimum atomic E-state index is -2.84. The molecule has 94 valence electrons. The molecule has 0 unspecified atom stereocenters. The van der Waals surface area contributed by atoms with Crippen LogP contribution in [0.1, 0.15) is 21.0 Å². The molecule has 0 radical (unpaired) electrons. The molecule has 0 atom stereocenters. The fourth-order valence-corrected chi connectivity index (χ4v) is 1.98. The summed E-state index contributed by atoms with van der Waals surface area (Å²) in [7, 11) is 0. The number of para-hydroxylation sites is 2. The van der Waals surface area contributed by atoms with Gasteiger partial charge in [0.2, 0.25) is 0 Å². The fourth-order valence-electron chi connectivity index (χ4n) is 1.98. The Kier molecular flexibility index (Phi) is 1.41. The van der Waals surface area contributed by atoms with Gasteiger partial charge in [0.05, 0.1) is 22.1 Å². The van der Waals surface area contributed by atoms with Gasteiger partial charge in [0.1, 0.15) is 5.82 Å². The average molecular weight is 257 g/mol. The summed E-state index contributed by atoms with van der Waals surface area (Å²) in [5.74, 6) is 0.129. The third-order valence-corrected chi connectivity index (χ3v) is 2.83. The molecular formula is C16H14N2O. The molecule has 0 bridgehead atoms. The third-order valence-electron chi connectivity index (χ3n) is 2.83. The van der Waals surface area contributed by atoms with E-state index in [2.05, 4.69) is 4.98 Å². The number of aromatic nitrogens is 2. The van der Waals surface area contributed by atoms with Gasteiger partial charge in [-0.25, -0.2) is 4.98 Å². The number of rotatable bonds is 1. The highest BCUT2D eigenvalue weighted by atomic mass is 16.1. The van der Waals surface area contributed by atoms with Crippen molar-refractivity contribution < 1.29 is 9.60 Å². The molecule has 1 aromatic heterocycles. The van der Waals surface area contributed by atoms with Gasteiger partial charge in [0, 0.05) is 4.11 Å². The Morgan fingerprint density at radius 2 is 2.05 bits per heavy atom. The van der Waals surface area contributed by atoms with Crippen LogP contribution in [0, 0.1) is 13.8 Å². The van der Waals surface area contributed by atoms with Gasteiger partial charge in [0.25, 0.3) is 5.56 Å². The first-order valence-electron chi connectivity index (χ1n) is 9.15. The molecule has 0 spiro atoms. The van der Waals surface area contributed by atoms with Gasteiger partial charge in [-0.2, -0.15) is 0 Å². The highest BCUT2D eigenvalue weighted by Crippen LogP contribution is 2.15. The van der Waals surface area contributed by atoms with Crippen molar-refractivity contribution in [1.82, 2.24) is 9.55 Å². The van der Waals surface area contributed by atoms with Crippen molar-refractivity contribution in [2.75, 3.05) is 0 Å². The summed E-state index contributed by atoms with van der Waals surface area (Å²) in [6.07, 6.45) is 0. The van der Waals surface area contributed by atoms with E-state index in [1.165, 1.54) is 13.0 Å². The molecule has 0 aliphatic rings. The van der Waals surface area contributed by atoms with Crippen LogP contribution < -0.4 is 5.56 Å². The molecule has 0 saturated carbocycles. The van der Waals surface area contributed by atoms with E-state index in [1.54, 1.807) is 18.2 Å². The second-order valence-electron chi connectivity index (χ2n) is 4.04. The predicted molar refractivity (Wildman–Crippen MR) is 76.8 cm³/mol. The Morgan fingerprint density at radius 3 is 2.89 bits per heavy atom. The summed E-state index contributed by atoms with van der Waals surface area (Å²) in [5.41, 5.74) is -1.17. The van der Waals surface area contributed by atoms with Crippen molar-refractivity contribution in [2.24, 2.45) is 0 Å². The van der Waals surface area contributed by atoms with Gasteiger partial charge in [-0.1, -0.05) is 30.3 Å². The molecular weight excluding hydrogens is 236 g/mol. The van der Waals surface area contributed by atoms with Gasteiger partial charge in [-0.3, -0.25) is 9.36 Å². The number of fused-ring (bicyclic) bond motifs is 1. The van der Waals surface area contributed by atoms with Crippen molar-refractivity contribution in [2.45, 2.75) is 13.8 Å². The van der Waals surface area contributed by atoms with E-state index in [1.807, 2.05) is 0 Å². The van der Waals surface area contributed by atoms with Crippen LogP contribution in [0.3, 0.4) is 0 Å². The first-order valence-corrected chi connectivity index (χ1v) is 5.65. The zero-order valence-electron chi connectivity index (χ0n) is 17.1. The van der Waals surface area contributed by atoms with Crippen LogP contribution in [-0.4, -0.2) is 9.55 Å². The van der Waals surface area contributed by atoms with E-state index in [4.69, 9.17) is 9.60 Å². The van der Waals surface area contributed by atoms with E-state index in [0.717, 1.165) is 4.57 Å². The van der Waals surface area contributed by atoms with Crippen LogP contribution in [0.25, 0.3) is 16.6 Å². The first kappa shape index (κ1) is 6.15. The molecule has 0 N–H and O–H groups in total. The largest absolute Gasteiger partial charge is 0.268 e. The minimum Gasteiger partial charge on any atom is -0.268 e. The third kappa shape index (κ3) is 1.83. The van der Waals surface area contributed by atoms with E-state index in [9.17, 15) is 4.79 Å². The molecule has 0 aliphatic heterocycles. The van der Waals surface area contributed by atoms with Crippen LogP contribution in [0.5, 0.6) is 0 Å². The van der Waals surface area contributed by atoms with Crippen LogP contribution in [0.15, 0.2) is 53.2 Å². The maximum Gasteiger partial charge on any atom is 0.265 e. The zero-order chi connectivity index (χ0) is 19.4. The Hall–Kier alpha value is -2.42. The lowest BCUT2D eigenvalue weighted by molar-refractivity contribution is 0.888. The maximum atomic E-state index is 13.0. The topological polar surface area (TPSA) is 34.9 Å². The monoisotopic (exact) mass is 257 g/mol. The minimum absolute atomic E-state index is 0.129. The molecule has 3 aromatic rings. The zero-order valence-corrected chi connectivity index (χ0v) is 10.1. The Morgan fingerprint density at radius 1 is 1.26 bits per heavy atom. The summed E-state index contributed by atoms with van der Waals surface area (Å²) in [6.45, 7) is -1.36. The summed E-state index contributed by atoms with van der Waals surface area (Å²) < 4.78 is 55.9. The second kappa shape index (κ2) is 4.35. The fraction of sp³-hybridized carbons (Fsp3) is 0.125. The summed E-state index contributed by atoms with van der Waals surface area (Å²) in [4.78, 5) is 17.3. The van der Waals surface area contributed by atoms with Gasteiger partial charge < -0.3 is 0 Å². The van der Waals surface area contributed by atoms with Crippen molar-refractivity contribution in [3.05, 3.63) is 70.2 Å². The predicted octanol–water partition coefficient (Wildman–Crippen LogP) is 3.00. The number of nitrogens with zero attached hydrogens (tertiary/aromatic N) is 2. The number of aryl methyl sites for hydroxylation is 1. The maximum absolute atomic E-state index is 13.0. The van der Waals surface area contributed by atoms with Gasteiger partial charge >= 0.3 is 0 Å². The van der Waals surface area contributed by atoms with E-state index in [-0.39, 0.29) is 11.2 Å². The molecule has 1 heterocycles. The molecule has 19 heavy (non-hydrogen) atoms. The molecule has 3 rings (SSSR count). The van der Waals surface area contributed by atoms with Crippen LogP contribution >= 0.6 is 0 Å². The lowest BCUT2D eigenvalue weighted by Gasteiger charge is -2.12. The Bertz CT molecular complexity index is 1100. The van der Waals surface area contributed by atoms with Crippen LogP contribution in [0.4, 0.5) is 0 Å². The van der Waals surface area contributed by atoms with Gasteiger partial charge in [0.15, 0.2) is 0 Å². The Balaban J connectivity index is 2.57. The van der Waals surface area contributed by atoms with Crippen LogP contribution in [-0.2, 0) is 0 Å². The number of hydrogen-bond acceptors (Lipinski definition) is 2. The van der Waals surface area contributed by atoms with E-state index < -0.39 is 47.8 Å². The van der Waals surface area contributed by atoms with Crippen molar-refractivity contribution >= 4 is 10.9 Å². The van der Waals surface area contributed by atoms with Gasteiger partial charge in [-0.15, -0.1) is 0 Å². The molecule has 3 nitrogen and oxygen atoms in total. The smallest absolute Gasteiger partial charge is 0.265 e. The quantitative estimate of drug-likeness (QED) is 0.671. The molecule has 0 aliphatic carbocycles. The molecule has 0 amide bonds. The van der Waals surface area contributed by atoms with Crippen molar-refractivity contribution in [3.63, 3.8) is 0 Å². The molecule has 0 saturated heterocycles. The number of benzene rings is 2. The lowest BCUT2D eigenvalue weighted by Crippen LogP contribution is -2.22. The lowest BCUT2D eigenvalue weighted by atomic mass is 10.2. The van der Waals surface area contributed by atoms with E-state index in [0.29, 0.717) is 5.52 Å². The highest BCUT2D eigenvalue weighted by molar-refractivity contribution is 5.77. The SMILES string of the molecule is [2H]c1c([2H])c([2H])c(C([2H])([2H])[2H])c(-n2c(C)nc3ccccc3c2=O)c1[2H]. The van der Waals surface area contributed by atoms with Crippen LogP contribution in [0.2, 0.25) is 0 Å². The van der Waals surface area contributed by atoms with E-state index >= 15 is 0 Å². The molecule has 0 fully saturated rings. The second-order valence-corrected chi connectivity index (χ2v) is 4.04. The van der Waals surface area contributed by atoms with Gasteiger partial charge in [-0.05, 0) is 37.5 Å². The summed E-state index contributed by atoms with van der Waals surface area (Å²) in [6, 6.07) is 3.94. The molecule has 2 aromatic carbocycles. The molecule has 3 heteroatoms. The average Bonchev–Trinajstić information content (AvgIpc) is 2.56. The summed E-state index contributed by atoms with van der Waals surface area (Å²) >= 11 is 0.